The first-order chi connectivity index (χ1) is 9.70. The summed E-state index contributed by atoms with van der Waals surface area (Å²) >= 11 is 0. The van der Waals surface area contributed by atoms with E-state index >= 15 is 0 Å². The summed E-state index contributed by atoms with van der Waals surface area (Å²) in [5.74, 6) is -0.181. The Balaban J connectivity index is 2.02. The van der Waals surface area contributed by atoms with Gasteiger partial charge in [0.25, 0.3) is 0 Å². The summed E-state index contributed by atoms with van der Waals surface area (Å²) in [6, 6.07) is 8.70. The average molecular weight is 276 g/mol. The van der Waals surface area contributed by atoms with Gasteiger partial charge in [-0.3, -0.25) is 9.69 Å². The Morgan fingerprint density at radius 1 is 1.40 bits per heavy atom. The Hall–Kier alpha value is -1.39. The van der Waals surface area contributed by atoms with Crippen molar-refractivity contribution in [3.05, 3.63) is 35.4 Å². The molecule has 1 atom stereocenters. The van der Waals surface area contributed by atoms with Crippen LogP contribution in [0.5, 0.6) is 0 Å². The Bertz CT molecular complexity index is 442. The zero-order valence-corrected chi connectivity index (χ0v) is 12.4. The largest absolute Gasteiger partial charge is 0.469 e. The molecule has 0 amide bonds. The highest BCUT2D eigenvalue weighted by atomic mass is 16.5. The lowest BCUT2D eigenvalue weighted by atomic mass is 10.0. The number of likely N-dealkylation sites (N-methyl/N-ethyl adjacent to an activating group) is 1. The van der Waals surface area contributed by atoms with E-state index in [0.717, 1.165) is 25.2 Å². The number of ether oxygens (including phenoxy) is 1. The summed E-state index contributed by atoms with van der Waals surface area (Å²) in [6.45, 7) is 3.05. The third kappa shape index (κ3) is 4.05. The van der Waals surface area contributed by atoms with Gasteiger partial charge in [0.1, 0.15) is 0 Å². The average Bonchev–Trinajstić information content (AvgIpc) is 2.50. The molecule has 110 valence electrons. The van der Waals surface area contributed by atoms with E-state index in [9.17, 15) is 4.79 Å². The fourth-order valence-electron chi connectivity index (χ4n) is 2.72. The van der Waals surface area contributed by atoms with Crippen LogP contribution in [0.4, 0.5) is 0 Å². The van der Waals surface area contributed by atoms with Gasteiger partial charge in [-0.2, -0.15) is 0 Å². The number of nitrogens with one attached hydrogen (secondary N) is 1. The molecule has 1 aliphatic rings. The van der Waals surface area contributed by atoms with Crippen LogP contribution in [0.25, 0.3) is 0 Å². The topological polar surface area (TPSA) is 41.6 Å². The predicted octanol–water partition coefficient (Wildman–Crippen LogP) is 1.59. The third-order valence-electron chi connectivity index (χ3n) is 3.99. The van der Waals surface area contributed by atoms with Crippen LogP contribution in [0.1, 0.15) is 24.0 Å². The molecule has 0 radical (unpaired) electrons. The highest BCUT2D eigenvalue weighted by molar-refractivity contribution is 5.72. The van der Waals surface area contributed by atoms with Crippen molar-refractivity contribution in [2.24, 2.45) is 0 Å². The number of hydrogen-bond donors (Lipinski definition) is 1. The number of rotatable bonds is 5. The highest BCUT2D eigenvalue weighted by Crippen LogP contribution is 2.16. The van der Waals surface area contributed by atoms with Gasteiger partial charge in [-0.25, -0.2) is 0 Å². The Morgan fingerprint density at radius 3 is 2.80 bits per heavy atom. The number of nitrogens with zero attached hydrogens (tertiary/aromatic N) is 1. The lowest BCUT2D eigenvalue weighted by Gasteiger charge is -2.32. The van der Waals surface area contributed by atoms with E-state index in [1.165, 1.54) is 25.5 Å². The lowest BCUT2D eigenvalue weighted by molar-refractivity contribution is -0.139. The van der Waals surface area contributed by atoms with Crippen LogP contribution in [-0.4, -0.2) is 44.2 Å². The molecule has 1 aromatic carbocycles. The number of methoxy groups -OCH3 is 1. The van der Waals surface area contributed by atoms with Gasteiger partial charge in [0.15, 0.2) is 0 Å². The molecule has 1 N–H and O–H groups in total. The minimum absolute atomic E-state index is 0.181. The molecular weight excluding hydrogens is 252 g/mol. The van der Waals surface area contributed by atoms with Gasteiger partial charge in [-0.05, 0) is 37.6 Å². The fraction of sp³-hybridized carbons (Fsp3) is 0.562. The number of esters is 1. The van der Waals surface area contributed by atoms with Crippen molar-refractivity contribution in [3.63, 3.8) is 0 Å². The number of piperidine rings is 1. The van der Waals surface area contributed by atoms with Gasteiger partial charge in [0, 0.05) is 19.1 Å². The van der Waals surface area contributed by atoms with Crippen LogP contribution in [0.15, 0.2) is 24.3 Å². The van der Waals surface area contributed by atoms with Gasteiger partial charge in [-0.1, -0.05) is 24.3 Å². The van der Waals surface area contributed by atoms with Gasteiger partial charge in [0.2, 0.25) is 0 Å². The molecule has 1 unspecified atom stereocenters. The molecule has 4 heteroatoms. The number of carbonyl (C=O) groups excluding carboxylic acids is 1. The highest BCUT2D eigenvalue weighted by Gasteiger charge is 2.18. The molecular formula is C16H24N2O2. The first kappa shape index (κ1) is 15.0. The van der Waals surface area contributed by atoms with E-state index in [1.807, 2.05) is 18.2 Å². The minimum atomic E-state index is -0.181. The molecule has 1 heterocycles. The van der Waals surface area contributed by atoms with Crippen molar-refractivity contribution >= 4 is 5.97 Å². The third-order valence-corrected chi connectivity index (χ3v) is 3.99. The van der Waals surface area contributed by atoms with E-state index in [4.69, 9.17) is 4.74 Å². The number of hydrogen-bond acceptors (Lipinski definition) is 4. The first-order valence-electron chi connectivity index (χ1n) is 7.25. The van der Waals surface area contributed by atoms with Crippen LogP contribution in [-0.2, 0) is 22.5 Å². The molecule has 0 spiro atoms. The SMILES string of the molecule is COC(=O)Cc1ccccc1CN(C)C1CCCNC1. The van der Waals surface area contributed by atoms with Crippen molar-refractivity contribution in [2.45, 2.75) is 31.8 Å². The molecule has 20 heavy (non-hydrogen) atoms. The molecule has 4 nitrogen and oxygen atoms in total. The van der Waals surface area contributed by atoms with Gasteiger partial charge in [-0.15, -0.1) is 0 Å². The standard InChI is InChI=1S/C16H24N2O2/c1-18(15-8-5-9-17-11-15)12-14-7-4-3-6-13(14)10-16(19)20-2/h3-4,6-7,15,17H,5,8-12H2,1-2H3. The maximum Gasteiger partial charge on any atom is 0.309 e. The summed E-state index contributed by atoms with van der Waals surface area (Å²) in [7, 11) is 3.59. The molecule has 1 fully saturated rings. The van der Waals surface area contributed by atoms with Crippen LogP contribution in [0.3, 0.4) is 0 Å². The van der Waals surface area contributed by atoms with E-state index in [-0.39, 0.29) is 5.97 Å². The van der Waals surface area contributed by atoms with Crippen molar-refractivity contribution in [1.29, 1.82) is 0 Å². The lowest BCUT2D eigenvalue weighted by Crippen LogP contribution is -2.43. The fourth-order valence-corrected chi connectivity index (χ4v) is 2.72. The molecule has 0 aliphatic carbocycles. The van der Waals surface area contributed by atoms with E-state index in [0.29, 0.717) is 12.5 Å². The van der Waals surface area contributed by atoms with Crippen LogP contribution >= 0.6 is 0 Å². The summed E-state index contributed by atoms with van der Waals surface area (Å²) in [4.78, 5) is 13.9. The molecule has 0 aromatic heterocycles. The molecule has 0 bridgehead atoms. The van der Waals surface area contributed by atoms with E-state index < -0.39 is 0 Å². The maximum absolute atomic E-state index is 11.5. The van der Waals surface area contributed by atoms with Gasteiger partial charge in [0.05, 0.1) is 13.5 Å². The van der Waals surface area contributed by atoms with Gasteiger partial charge < -0.3 is 10.1 Å². The minimum Gasteiger partial charge on any atom is -0.469 e. The zero-order valence-electron chi connectivity index (χ0n) is 12.4. The molecule has 1 saturated heterocycles. The van der Waals surface area contributed by atoms with Crippen molar-refractivity contribution in [1.82, 2.24) is 10.2 Å². The quantitative estimate of drug-likeness (QED) is 0.829. The summed E-state index contributed by atoms with van der Waals surface area (Å²) in [5.41, 5.74) is 2.28. The normalized spacial score (nSPS) is 19.1. The summed E-state index contributed by atoms with van der Waals surface area (Å²) in [5, 5.41) is 3.44. The Labute approximate surface area is 121 Å². The van der Waals surface area contributed by atoms with Crippen LogP contribution in [0, 0.1) is 0 Å². The smallest absolute Gasteiger partial charge is 0.309 e. The molecule has 1 aliphatic heterocycles. The summed E-state index contributed by atoms with van der Waals surface area (Å²) in [6.07, 6.45) is 2.82. The molecule has 2 rings (SSSR count). The number of benzene rings is 1. The van der Waals surface area contributed by atoms with Gasteiger partial charge >= 0.3 is 5.97 Å². The molecule has 0 saturated carbocycles. The second kappa shape index (κ2) is 7.41. The van der Waals surface area contributed by atoms with Crippen LogP contribution in [0.2, 0.25) is 0 Å². The summed E-state index contributed by atoms with van der Waals surface area (Å²) < 4.78 is 4.77. The first-order valence-corrected chi connectivity index (χ1v) is 7.25. The Morgan fingerprint density at radius 2 is 2.15 bits per heavy atom. The van der Waals surface area contributed by atoms with Crippen molar-refractivity contribution in [3.8, 4) is 0 Å². The predicted molar refractivity (Wildman–Crippen MR) is 79.5 cm³/mol. The monoisotopic (exact) mass is 276 g/mol. The van der Waals surface area contributed by atoms with E-state index in [1.54, 1.807) is 0 Å². The molecule has 1 aromatic rings. The second-order valence-corrected chi connectivity index (χ2v) is 5.44. The Kier molecular flexibility index (Phi) is 5.56. The number of carbonyl (C=O) groups is 1. The van der Waals surface area contributed by atoms with Crippen molar-refractivity contribution in [2.75, 3.05) is 27.2 Å². The maximum atomic E-state index is 11.5. The van der Waals surface area contributed by atoms with E-state index in [2.05, 4.69) is 23.3 Å². The second-order valence-electron chi connectivity index (χ2n) is 5.44. The zero-order chi connectivity index (χ0) is 14.4. The van der Waals surface area contributed by atoms with Crippen LogP contribution < -0.4 is 5.32 Å². The van der Waals surface area contributed by atoms with Crippen molar-refractivity contribution < 1.29 is 9.53 Å².